The average molecular weight is 173 g/mol. The van der Waals surface area contributed by atoms with E-state index >= 15 is 0 Å². The van der Waals surface area contributed by atoms with Crippen LogP contribution in [0, 0.1) is 0 Å². The van der Waals surface area contributed by atoms with Crippen LogP contribution in [0.4, 0.5) is 0 Å². The van der Waals surface area contributed by atoms with Crippen molar-refractivity contribution in [2.45, 2.75) is 31.7 Å². The molecule has 0 aliphatic carbocycles. The zero-order valence-electron chi connectivity index (χ0n) is 7.43. The van der Waals surface area contributed by atoms with Crippen LogP contribution in [0.1, 0.15) is 13.8 Å². The summed E-state index contributed by atoms with van der Waals surface area (Å²) in [7, 11) is -0.370. The van der Waals surface area contributed by atoms with Gasteiger partial charge in [0.1, 0.15) is 8.96 Å². The summed E-state index contributed by atoms with van der Waals surface area (Å²) in [5.74, 6) is 0. The van der Waals surface area contributed by atoms with Gasteiger partial charge in [0.25, 0.3) is 0 Å². The van der Waals surface area contributed by atoms with E-state index in [1.807, 2.05) is 0 Å². The van der Waals surface area contributed by atoms with E-state index < -0.39 is 0 Å². The van der Waals surface area contributed by atoms with E-state index in [-0.39, 0.29) is 17.8 Å². The third kappa shape index (κ3) is 1.71. The molecule has 0 amide bonds. The first kappa shape index (κ1) is 8.49. The Morgan fingerprint density at radius 2 is 1.70 bits per heavy atom. The highest BCUT2D eigenvalue weighted by molar-refractivity contribution is 6.93. The molecule has 0 N–H and O–H groups in total. The van der Waals surface area contributed by atoms with Crippen LogP contribution in [0.3, 0.4) is 0 Å². The summed E-state index contributed by atoms with van der Waals surface area (Å²) in [6.07, 6.45) is 0. The fourth-order valence-corrected chi connectivity index (χ4v) is 12.2. The van der Waals surface area contributed by atoms with Gasteiger partial charge in [-0.15, -0.1) is 0 Å². The van der Waals surface area contributed by atoms with E-state index in [1.54, 1.807) is 11.3 Å². The van der Waals surface area contributed by atoms with Gasteiger partial charge in [-0.25, -0.2) is 0 Å². The Morgan fingerprint density at radius 1 is 1.20 bits per heavy atom. The molecule has 10 heavy (non-hydrogen) atoms. The van der Waals surface area contributed by atoms with Gasteiger partial charge >= 0.3 is 0 Å². The van der Waals surface area contributed by atoms with Gasteiger partial charge in [-0.3, -0.25) is 0 Å². The zero-order chi connectivity index (χ0) is 7.56. The van der Waals surface area contributed by atoms with Crippen LogP contribution in [-0.4, -0.2) is 35.4 Å². The highest BCUT2D eigenvalue weighted by atomic mass is 28.4. The summed E-state index contributed by atoms with van der Waals surface area (Å²) >= 11 is 0. The van der Waals surface area contributed by atoms with Crippen molar-refractivity contribution in [2.75, 3.05) is 13.1 Å². The summed E-state index contributed by atoms with van der Waals surface area (Å²) in [6, 6.07) is 0. The normalized spacial score (nSPS) is 32.4. The molecule has 0 radical (unpaired) electrons. The first-order chi connectivity index (χ1) is 4.77. The van der Waals surface area contributed by atoms with E-state index in [1.165, 1.54) is 13.1 Å². The van der Waals surface area contributed by atoms with Crippen molar-refractivity contribution in [3.05, 3.63) is 0 Å². The molecule has 0 aromatic rings. The maximum absolute atomic E-state index is 2.74. The van der Waals surface area contributed by atoms with Gasteiger partial charge in [0.15, 0.2) is 0 Å². The Labute approximate surface area is 67.7 Å². The van der Waals surface area contributed by atoms with Crippen LogP contribution in [-0.2, 0) is 0 Å². The van der Waals surface area contributed by atoms with Crippen LogP contribution in [0.5, 0.6) is 0 Å². The smallest absolute Gasteiger partial charge is 0.106 e. The van der Waals surface area contributed by atoms with E-state index in [0.717, 1.165) is 0 Å². The third-order valence-electron chi connectivity index (χ3n) is 2.68. The summed E-state index contributed by atoms with van der Waals surface area (Å²) in [5, 5.41) is 0. The molecule has 0 saturated carbocycles. The predicted octanol–water partition coefficient (Wildman–Crippen LogP) is 1.00. The van der Waals surface area contributed by atoms with E-state index in [4.69, 9.17) is 0 Å². The zero-order valence-corrected chi connectivity index (χ0v) is 9.74. The Morgan fingerprint density at radius 3 is 2.00 bits per heavy atom. The third-order valence-corrected chi connectivity index (χ3v) is 15.2. The van der Waals surface area contributed by atoms with Gasteiger partial charge in [-0.05, 0) is 13.1 Å². The second-order valence-electron chi connectivity index (χ2n) is 3.45. The second kappa shape index (κ2) is 3.69. The number of rotatable bonds is 3. The maximum Gasteiger partial charge on any atom is 0.106 e. The molecule has 1 rings (SSSR count). The Hall–Kier alpha value is 0.394. The minimum absolute atomic E-state index is 0.0910. The predicted molar refractivity (Wildman–Crippen MR) is 52.7 cm³/mol. The number of hydrogen-bond acceptors (Lipinski definition) is 1. The molecular weight excluding hydrogens is 154 g/mol. The van der Waals surface area contributed by atoms with Crippen LogP contribution in [0.25, 0.3) is 0 Å². The van der Waals surface area contributed by atoms with Crippen molar-refractivity contribution in [1.82, 2.24) is 4.57 Å². The van der Waals surface area contributed by atoms with Crippen molar-refractivity contribution in [3.8, 4) is 0 Å². The number of nitrogens with zero attached hydrogens (tertiary/aromatic N) is 1. The van der Waals surface area contributed by atoms with Crippen molar-refractivity contribution in [3.63, 3.8) is 0 Å². The van der Waals surface area contributed by atoms with Crippen molar-refractivity contribution in [1.29, 1.82) is 0 Å². The van der Waals surface area contributed by atoms with Gasteiger partial charge in [0.05, 0.1) is 0 Å². The SMILES string of the molecule is CCN(CC)[SiH]1C[SiH](C)C1. The van der Waals surface area contributed by atoms with Gasteiger partial charge in [-0.2, -0.15) is 0 Å². The maximum atomic E-state index is 2.74. The summed E-state index contributed by atoms with van der Waals surface area (Å²) < 4.78 is 2.74. The molecule has 0 spiro atoms. The van der Waals surface area contributed by atoms with Gasteiger partial charge in [0.2, 0.25) is 0 Å². The molecule has 1 nitrogen and oxygen atoms in total. The minimum Gasteiger partial charge on any atom is -0.327 e. The first-order valence-corrected chi connectivity index (χ1v) is 9.45. The molecule has 0 aromatic carbocycles. The molecule has 1 aliphatic rings. The molecule has 1 saturated heterocycles. The molecule has 60 valence electrons. The van der Waals surface area contributed by atoms with Gasteiger partial charge < -0.3 is 4.57 Å². The molecular formula is C7H19NSi2. The average Bonchev–Trinajstić information content (AvgIpc) is 1.87. The van der Waals surface area contributed by atoms with E-state index in [9.17, 15) is 0 Å². The Bertz CT molecular complexity index is 97.8. The van der Waals surface area contributed by atoms with Gasteiger partial charge in [-0.1, -0.05) is 31.7 Å². The Balaban J connectivity index is 2.21. The van der Waals surface area contributed by atoms with Crippen molar-refractivity contribution in [2.24, 2.45) is 0 Å². The molecule has 0 bridgehead atoms. The fourth-order valence-electron chi connectivity index (χ4n) is 1.90. The molecule has 1 fully saturated rings. The number of hydrogen-bond donors (Lipinski definition) is 0. The largest absolute Gasteiger partial charge is 0.327 e. The minimum atomic E-state index is -0.279. The van der Waals surface area contributed by atoms with Crippen molar-refractivity contribution < 1.29 is 0 Å². The van der Waals surface area contributed by atoms with E-state index in [2.05, 4.69) is 25.0 Å². The summed E-state index contributed by atoms with van der Waals surface area (Å²) in [5.41, 5.74) is 3.42. The second-order valence-corrected chi connectivity index (χ2v) is 11.5. The lowest BCUT2D eigenvalue weighted by molar-refractivity contribution is 0.478. The molecule has 0 unspecified atom stereocenters. The monoisotopic (exact) mass is 173 g/mol. The van der Waals surface area contributed by atoms with Crippen LogP contribution in [0.15, 0.2) is 0 Å². The quantitative estimate of drug-likeness (QED) is 0.576. The first-order valence-electron chi connectivity index (χ1n) is 4.52. The summed E-state index contributed by atoms with van der Waals surface area (Å²) in [6.45, 7) is 9.76. The molecule has 3 heteroatoms. The highest BCUT2D eigenvalue weighted by Gasteiger charge is 2.31. The molecule has 0 aromatic heterocycles. The highest BCUT2D eigenvalue weighted by Crippen LogP contribution is 2.22. The van der Waals surface area contributed by atoms with Gasteiger partial charge in [0, 0.05) is 8.80 Å². The van der Waals surface area contributed by atoms with Crippen LogP contribution < -0.4 is 0 Å². The standard InChI is InChI=1S/C7H19NSi2/c1-4-8(5-2)10-6-9(3)7-10/h9-10H,4-7H2,1-3H3. The van der Waals surface area contributed by atoms with Crippen molar-refractivity contribution >= 4 is 17.8 Å². The molecule has 0 atom stereocenters. The fraction of sp³-hybridized carbons (Fsp3) is 1.00. The topological polar surface area (TPSA) is 3.24 Å². The van der Waals surface area contributed by atoms with E-state index in [0.29, 0.717) is 0 Å². The Kier molecular flexibility index (Phi) is 3.13. The van der Waals surface area contributed by atoms with Crippen LogP contribution >= 0.6 is 0 Å². The summed E-state index contributed by atoms with van der Waals surface area (Å²) in [4.78, 5) is 0. The van der Waals surface area contributed by atoms with Crippen LogP contribution in [0.2, 0.25) is 17.9 Å². The lowest BCUT2D eigenvalue weighted by atomic mass is 10.7. The molecule has 1 aliphatic heterocycles. The lowest BCUT2D eigenvalue weighted by Crippen LogP contribution is -2.51. The lowest BCUT2D eigenvalue weighted by Gasteiger charge is -2.38. The molecule has 1 heterocycles.